The van der Waals surface area contributed by atoms with Crippen molar-refractivity contribution in [3.63, 3.8) is 0 Å². The molecule has 18 heterocycles. The van der Waals surface area contributed by atoms with Crippen LogP contribution < -0.4 is 31.3 Å². The fraction of sp³-hybridized carbons (Fsp3) is 0.188. The number of rotatable bonds is 6. The monoisotopic (exact) mass is 1510 g/mol. The van der Waals surface area contributed by atoms with Gasteiger partial charge < -0.3 is 0 Å². The predicted octanol–water partition coefficient (Wildman–Crippen LogP) is 22.6. The molecule has 0 amide bonds. The second kappa shape index (κ2) is 30.9. The second-order valence-electron chi connectivity index (χ2n) is 35.6. The zero-order chi connectivity index (χ0) is 76.5. The van der Waals surface area contributed by atoms with E-state index >= 15 is 0 Å². The summed E-state index contributed by atoms with van der Waals surface area (Å²) in [4.78, 5) is 30.0. The van der Waals surface area contributed by atoms with Crippen LogP contribution in [0.25, 0.3) is 164 Å². The Morgan fingerprint density at radius 3 is 0.333 bits per heavy atom. The molecule has 0 aliphatic rings. The summed E-state index contributed by atoms with van der Waals surface area (Å²) in [7, 11) is -10.4. The van der Waals surface area contributed by atoms with Crippen molar-refractivity contribution in [1.82, 2.24) is 29.9 Å². The van der Waals surface area contributed by atoms with Gasteiger partial charge in [-0.05, 0) is 132 Å². The van der Waals surface area contributed by atoms with Gasteiger partial charge in [-0.3, -0.25) is 29.9 Å². The molecule has 0 saturated heterocycles. The molecule has 0 spiro atoms. The maximum absolute atomic E-state index is 5.00. The number of pyridine rings is 6. The van der Waals surface area contributed by atoms with Gasteiger partial charge in [-0.2, -0.15) is 0 Å². The van der Waals surface area contributed by atoms with Gasteiger partial charge >= 0.3 is 0 Å². The summed E-state index contributed by atoms with van der Waals surface area (Å²) in [5, 5.41) is 28.2. The summed E-state index contributed by atoms with van der Waals surface area (Å²) in [6.07, 6.45) is 11.9. The molecular formula is C96H102N6Si6. The first kappa shape index (κ1) is 76.2. The maximum Gasteiger partial charge on any atom is 0.0886 e. The highest BCUT2D eigenvalue weighted by Crippen LogP contribution is 2.23. The maximum atomic E-state index is 5.00. The minimum Gasteiger partial charge on any atom is -0.254 e. The van der Waals surface area contributed by atoms with Crippen molar-refractivity contribution in [2.75, 3.05) is 0 Å². The Kier molecular flexibility index (Phi) is 21.8. The Morgan fingerprint density at radius 1 is 0.139 bits per heavy atom. The summed E-state index contributed by atoms with van der Waals surface area (Å²) in [6.45, 7) is 43.7. The molecule has 0 unspecified atom stereocenters. The molecule has 0 aliphatic heterocycles. The smallest absolute Gasteiger partial charge is 0.0886 e. The molecule has 31 aromatic rings. The third kappa shape index (κ3) is 19.3. The van der Waals surface area contributed by atoms with Crippen LogP contribution in [-0.2, 0) is 0 Å². The summed E-state index contributed by atoms with van der Waals surface area (Å²) >= 11 is 0. The molecule has 0 atom stereocenters. The lowest BCUT2D eigenvalue weighted by Gasteiger charge is -2.12. The van der Waals surface area contributed by atoms with Crippen LogP contribution in [0, 0.1) is 0 Å². The van der Waals surface area contributed by atoms with E-state index in [1.165, 1.54) is 63.6 Å². The van der Waals surface area contributed by atoms with Crippen LogP contribution in [0.2, 0.25) is 118 Å². The van der Waals surface area contributed by atoms with Crippen LogP contribution in [-0.4, -0.2) is 78.3 Å². The van der Waals surface area contributed by atoms with E-state index in [4.69, 9.17) is 29.9 Å². The standard InChI is InChI=1S/C96H102N6Si6/c1-103(2,3)61-85-73-31-19-67(20-32-73)79-43-49-91(97-55-79)93-51-45-81(57-99-93)69-23-35-75(36-24-69)87(63-105(7,8)9)89(65-107(13,14)15)77-39-27-71(28-40-77)83-47-53-95(101-59-83)96-54-48-84(60-102-96)72-29-41-78(42-30-72)90(66-108(16,17)18)88(64-106(10,11)12)76-37-25-70(26-38-76)82-46-52-94(100-58-82)92-50-44-80(56-98-92)68-21-33-74(34-22-68)86(85)62-104(4,5)6/h19-66H,1-18H3. The summed E-state index contributed by atoms with van der Waals surface area (Å²) in [5.41, 5.74) is 20.5. The average Bonchev–Trinajstić information content (AvgIpc) is 0.803. The average molecular weight is 1510 g/mol. The van der Waals surface area contributed by atoms with Gasteiger partial charge in [-0.15, -0.1) is 0 Å². The molecule has 108 heavy (non-hydrogen) atoms. The van der Waals surface area contributed by atoms with E-state index < -0.39 is 48.4 Å². The number of nitrogens with zero attached hydrogens (tertiary/aromatic N) is 6. The Hall–Kier alpha value is -10.0. The highest BCUT2D eigenvalue weighted by Gasteiger charge is 2.16. The van der Waals surface area contributed by atoms with E-state index in [0.29, 0.717) is 0 Å². The Labute approximate surface area is 642 Å². The van der Waals surface area contributed by atoms with Crippen LogP contribution in [0.1, 0.15) is 0 Å². The Balaban J connectivity index is 0.973. The summed E-state index contributed by atoms with van der Waals surface area (Å²) < 4.78 is 0. The first-order valence-electron chi connectivity index (χ1n) is 38.0. The zero-order valence-corrected chi connectivity index (χ0v) is 72.4. The van der Waals surface area contributed by atoms with Gasteiger partial charge in [0.2, 0.25) is 0 Å². The number of aromatic nitrogens is 6. The van der Waals surface area contributed by atoms with Crippen molar-refractivity contribution in [2.24, 2.45) is 0 Å². The van der Waals surface area contributed by atoms with Gasteiger partial charge in [0.15, 0.2) is 0 Å². The molecular weight excluding hydrogens is 1410 g/mol. The molecule has 31 rings (SSSR count). The largest absolute Gasteiger partial charge is 0.254 e. The van der Waals surface area contributed by atoms with Crippen molar-refractivity contribution < 1.29 is 0 Å². The molecule has 0 fully saturated rings. The normalized spacial score (nSPS) is 13.6. The number of hydrogen-bond acceptors (Lipinski definition) is 6. The van der Waals surface area contributed by atoms with E-state index in [1.807, 2.05) is 37.2 Å². The molecule has 0 radical (unpaired) electrons. The van der Waals surface area contributed by atoms with Crippen LogP contribution in [0.15, 0.2) is 256 Å². The molecule has 18 aromatic heterocycles. The van der Waals surface area contributed by atoms with Gasteiger partial charge in [-0.1, -0.05) is 334 Å². The Bertz CT molecular complexity index is 5420. The van der Waals surface area contributed by atoms with Crippen molar-refractivity contribution in [1.29, 1.82) is 0 Å². The van der Waals surface area contributed by atoms with Crippen LogP contribution >= 0.6 is 0 Å². The number of hydrogen-bond donors (Lipinski definition) is 0. The lowest BCUT2D eigenvalue weighted by Crippen LogP contribution is -2.34. The van der Waals surface area contributed by atoms with E-state index in [9.17, 15) is 0 Å². The molecule has 12 heteroatoms. The molecule has 0 saturated carbocycles. The minimum absolute atomic E-state index is 0.838. The van der Waals surface area contributed by atoms with E-state index in [0.717, 1.165) is 97.7 Å². The molecule has 24 bridgehead atoms. The van der Waals surface area contributed by atoms with Gasteiger partial charge in [-0.25, -0.2) is 0 Å². The van der Waals surface area contributed by atoms with Crippen molar-refractivity contribution in [3.8, 4) is 0 Å². The van der Waals surface area contributed by atoms with Crippen molar-refractivity contribution in [2.45, 2.75) is 118 Å². The number of benzene rings is 6. The first-order valence-corrected chi connectivity index (χ1v) is 59.4. The lowest BCUT2D eigenvalue weighted by atomic mass is 10.1. The summed E-state index contributed by atoms with van der Waals surface area (Å²) in [6, 6.07) is 80.2. The fourth-order valence-electron chi connectivity index (χ4n) is 13.8. The highest BCUT2D eigenvalue weighted by molar-refractivity contribution is 6.91. The highest BCUT2D eigenvalue weighted by atomic mass is 28.3. The van der Waals surface area contributed by atoms with E-state index in [1.54, 1.807) is 0 Å². The van der Waals surface area contributed by atoms with Gasteiger partial charge in [0.05, 0.1) is 81.5 Å². The van der Waals surface area contributed by atoms with Crippen LogP contribution in [0.3, 0.4) is 0 Å². The van der Waals surface area contributed by atoms with Crippen molar-refractivity contribution >= 4 is 213 Å². The van der Waals surface area contributed by atoms with Gasteiger partial charge in [0, 0.05) is 69.5 Å². The van der Waals surface area contributed by atoms with Gasteiger partial charge in [0.1, 0.15) is 0 Å². The summed E-state index contributed by atoms with van der Waals surface area (Å²) in [5.74, 6) is 0. The zero-order valence-electron chi connectivity index (χ0n) is 66.4. The predicted molar refractivity (Wildman–Crippen MR) is 494 cm³/mol. The third-order valence-corrected chi connectivity index (χ3v) is 25.8. The van der Waals surface area contributed by atoms with Crippen LogP contribution in [0.5, 0.6) is 0 Å². The van der Waals surface area contributed by atoms with Gasteiger partial charge in [0.25, 0.3) is 0 Å². The molecule has 6 nitrogen and oxygen atoms in total. The molecule has 13 aromatic carbocycles. The van der Waals surface area contributed by atoms with E-state index in [-0.39, 0.29) is 0 Å². The quantitative estimate of drug-likeness (QED) is 0.154. The molecule has 0 N–H and O–H groups in total. The SMILES string of the molecule is C[Si](C)(C)C=c1c(=C[Si](C)(C)C)c2ccc(cc2)c2ccc(nc2)c2ccc(cn2)c2ccc(cc2)c(=C[Si](C)(C)C)c(=C[Si](C)(C)C)c2ccc(cc2)c2ccc(nc2)c2ccc(cn2)c2ccc(cc2)c(=C[Si](C)(C)C)c(=C[Si](C)(C)C)c2ccc(cc2)c2ccc(nc2)c2ccc(cn2)c2ccc1cc2. The molecule has 0 aliphatic carbocycles. The van der Waals surface area contributed by atoms with E-state index in [2.05, 4.69) is 370 Å². The molecule has 540 valence electrons. The lowest BCUT2D eigenvalue weighted by molar-refractivity contribution is 1.39. The third-order valence-electron chi connectivity index (χ3n) is 18.9. The first-order chi connectivity index (χ1) is 51.2. The topological polar surface area (TPSA) is 77.3 Å². The Morgan fingerprint density at radius 2 is 0.241 bits per heavy atom. The fourth-order valence-corrected chi connectivity index (χ4v) is 21.0. The van der Waals surface area contributed by atoms with Crippen molar-refractivity contribution in [3.05, 3.63) is 287 Å². The minimum atomic E-state index is -1.74. The second-order valence-corrected chi connectivity index (χ2v) is 65.7. The van der Waals surface area contributed by atoms with Crippen LogP contribution in [0.4, 0.5) is 0 Å².